The predicted molar refractivity (Wildman–Crippen MR) is 104 cm³/mol. The molecule has 3 rings (SSSR count). The van der Waals surface area contributed by atoms with Crippen LogP contribution in [0.25, 0.3) is 0 Å². The minimum atomic E-state index is -3.80. The fraction of sp³-hybridized carbons (Fsp3) is 0. The average Bonchev–Trinajstić information content (AvgIpc) is 3.04. The molecule has 128 valence electrons. The summed E-state index contributed by atoms with van der Waals surface area (Å²) in [6, 6.07) is 16.2. The van der Waals surface area contributed by atoms with Crippen LogP contribution in [0.4, 0.5) is 5.69 Å². The van der Waals surface area contributed by atoms with Crippen LogP contribution in [0.15, 0.2) is 68.7 Å². The van der Waals surface area contributed by atoms with E-state index in [0.717, 1.165) is 11.3 Å². The molecule has 0 aliphatic heterocycles. The number of halogens is 2. The topological polar surface area (TPSA) is 63.2 Å². The molecule has 0 saturated carbocycles. The Kier molecular flexibility index (Phi) is 5.29. The number of benzene rings is 2. The molecule has 0 spiro atoms. The van der Waals surface area contributed by atoms with Gasteiger partial charge < -0.3 is 0 Å². The van der Waals surface area contributed by atoms with Gasteiger partial charge in [-0.1, -0.05) is 41.9 Å². The van der Waals surface area contributed by atoms with E-state index < -0.39 is 10.0 Å². The Hall–Kier alpha value is -1.67. The second kappa shape index (κ2) is 7.29. The minimum Gasteiger partial charge on any atom is -0.289 e. The summed E-state index contributed by atoms with van der Waals surface area (Å²) in [5.74, 6) is -0.312. The summed E-state index contributed by atoms with van der Waals surface area (Å²) in [4.78, 5) is 12.7. The maximum Gasteiger partial charge on any atom is 0.271 e. The van der Waals surface area contributed by atoms with E-state index in [1.54, 1.807) is 36.4 Å². The van der Waals surface area contributed by atoms with E-state index in [9.17, 15) is 13.2 Å². The first-order valence-corrected chi connectivity index (χ1v) is 10.5. The second-order valence-electron chi connectivity index (χ2n) is 5.05. The molecule has 3 aromatic rings. The van der Waals surface area contributed by atoms with Crippen LogP contribution in [0.5, 0.6) is 0 Å². The summed E-state index contributed by atoms with van der Waals surface area (Å²) < 4.78 is 28.4. The smallest absolute Gasteiger partial charge is 0.271 e. The van der Waals surface area contributed by atoms with Crippen LogP contribution in [0.1, 0.15) is 15.9 Å². The fourth-order valence-electron chi connectivity index (χ4n) is 2.18. The first-order chi connectivity index (χ1) is 11.9. The highest BCUT2D eigenvalue weighted by Gasteiger charge is 2.21. The third-order valence-electron chi connectivity index (χ3n) is 3.32. The maximum atomic E-state index is 12.7. The highest BCUT2D eigenvalue weighted by molar-refractivity contribution is 9.11. The zero-order chi connectivity index (χ0) is 18.0. The fourth-order valence-corrected chi connectivity index (χ4v) is 5.44. The third-order valence-corrected chi connectivity index (χ3v) is 7.04. The van der Waals surface area contributed by atoms with Gasteiger partial charge in [-0.3, -0.25) is 9.52 Å². The monoisotopic (exact) mass is 455 g/mol. The molecule has 0 aliphatic rings. The molecule has 0 saturated heterocycles. The minimum absolute atomic E-state index is 0.146. The first-order valence-electron chi connectivity index (χ1n) is 7.04. The largest absolute Gasteiger partial charge is 0.289 e. The van der Waals surface area contributed by atoms with Gasteiger partial charge in [-0.05, 0) is 46.3 Å². The van der Waals surface area contributed by atoms with Crippen LogP contribution >= 0.6 is 38.9 Å². The van der Waals surface area contributed by atoms with Gasteiger partial charge in [0.15, 0.2) is 5.78 Å². The number of hydrogen-bond acceptors (Lipinski definition) is 4. The van der Waals surface area contributed by atoms with Crippen molar-refractivity contribution in [3.63, 3.8) is 0 Å². The second-order valence-corrected chi connectivity index (χ2v) is 9.86. The van der Waals surface area contributed by atoms with E-state index in [-0.39, 0.29) is 21.2 Å². The lowest BCUT2D eigenvalue weighted by Gasteiger charge is -2.12. The van der Waals surface area contributed by atoms with Crippen molar-refractivity contribution in [3.05, 3.63) is 80.6 Å². The molecule has 1 aromatic heterocycles. The Morgan fingerprint density at radius 2 is 1.76 bits per heavy atom. The van der Waals surface area contributed by atoms with Gasteiger partial charge in [0, 0.05) is 16.1 Å². The van der Waals surface area contributed by atoms with Crippen LogP contribution < -0.4 is 4.72 Å². The Morgan fingerprint density at radius 1 is 1.04 bits per heavy atom. The van der Waals surface area contributed by atoms with Crippen LogP contribution in [0.3, 0.4) is 0 Å². The van der Waals surface area contributed by atoms with E-state index in [0.29, 0.717) is 14.4 Å². The van der Waals surface area contributed by atoms with Crippen molar-refractivity contribution in [2.45, 2.75) is 4.21 Å². The molecule has 0 fully saturated rings. The molecule has 4 nitrogen and oxygen atoms in total. The van der Waals surface area contributed by atoms with Crippen molar-refractivity contribution in [2.75, 3.05) is 4.72 Å². The van der Waals surface area contributed by atoms with Crippen molar-refractivity contribution in [3.8, 4) is 0 Å². The van der Waals surface area contributed by atoms with Crippen molar-refractivity contribution in [1.29, 1.82) is 0 Å². The number of carbonyl (C=O) groups is 1. The molecule has 0 unspecified atom stereocenters. The number of hydrogen-bond donors (Lipinski definition) is 1. The summed E-state index contributed by atoms with van der Waals surface area (Å²) in [7, 11) is -3.80. The van der Waals surface area contributed by atoms with Crippen LogP contribution in [-0.2, 0) is 10.0 Å². The van der Waals surface area contributed by atoms with Crippen molar-refractivity contribution in [1.82, 2.24) is 0 Å². The van der Waals surface area contributed by atoms with Crippen LogP contribution in [-0.4, -0.2) is 14.2 Å². The first kappa shape index (κ1) is 18.1. The summed E-state index contributed by atoms with van der Waals surface area (Å²) >= 11 is 10.3. The van der Waals surface area contributed by atoms with Gasteiger partial charge in [-0.25, -0.2) is 8.42 Å². The summed E-state index contributed by atoms with van der Waals surface area (Å²) in [5.41, 5.74) is 0.824. The van der Waals surface area contributed by atoms with E-state index in [4.69, 9.17) is 11.6 Å². The van der Waals surface area contributed by atoms with Gasteiger partial charge in [-0.15, -0.1) is 11.3 Å². The lowest BCUT2D eigenvalue weighted by atomic mass is 10.0. The molecular formula is C17H11BrClNO3S2. The van der Waals surface area contributed by atoms with Crippen LogP contribution in [0, 0.1) is 0 Å². The number of thiophene rings is 1. The maximum absolute atomic E-state index is 12.7. The molecular weight excluding hydrogens is 446 g/mol. The van der Waals surface area contributed by atoms with Gasteiger partial charge in [0.05, 0.1) is 9.47 Å². The van der Waals surface area contributed by atoms with E-state index in [1.807, 2.05) is 0 Å². The molecule has 0 amide bonds. The number of ketones is 1. The van der Waals surface area contributed by atoms with E-state index >= 15 is 0 Å². The molecule has 0 bridgehead atoms. The Labute approximate surface area is 162 Å². The zero-order valence-corrected chi connectivity index (χ0v) is 16.5. The molecule has 0 radical (unpaired) electrons. The zero-order valence-electron chi connectivity index (χ0n) is 12.6. The standard InChI is InChI=1S/C17H11BrClNO3S2/c18-15-8-9-16(24-15)25(22,23)20-14-7-6-12(19)10-13(14)17(21)11-4-2-1-3-5-11/h1-10,20H. The highest BCUT2D eigenvalue weighted by Crippen LogP contribution is 2.30. The number of rotatable bonds is 5. The molecule has 1 N–H and O–H groups in total. The highest BCUT2D eigenvalue weighted by atomic mass is 79.9. The van der Waals surface area contributed by atoms with E-state index in [2.05, 4.69) is 20.7 Å². The molecule has 25 heavy (non-hydrogen) atoms. The lowest BCUT2D eigenvalue weighted by molar-refractivity contribution is 0.103. The SMILES string of the molecule is O=C(c1ccccc1)c1cc(Cl)ccc1NS(=O)(=O)c1ccc(Br)s1. The van der Waals surface area contributed by atoms with Gasteiger partial charge in [0.1, 0.15) is 4.21 Å². The number of anilines is 1. The molecule has 8 heteroatoms. The van der Waals surface area contributed by atoms with E-state index in [1.165, 1.54) is 24.3 Å². The molecule has 2 aromatic carbocycles. The van der Waals surface area contributed by atoms with Crippen LogP contribution in [0.2, 0.25) is 5.02 Å². The summed E-state index contributed by atoms with van der Waals surface area (Å²) in [6.45, 7) is 0. The Morgan fingerprint density at radius 3 is 2.40 bits per heavy atom. The van der Waals surface area contributed by atoms with Gasteiger partial charge in [0.2, 0.25) is 0 Å². The lowest BCUT2D eigenvalue weighted by Crippen LogP contribution is -2.15. The number of nitrogens with one attached hydrogen (secondary N) is 1. The van der Waals surface area contributed by atoms with Crippen molar-refractivity contribution >= 4 is 60.4 Å². The van der Waals surface area contributed by atoms with Gasteiger partial charge in [0.25, 0.3) is 10.0 Å². The summed E-state index contributed by atoms with van der Waals surface area (Å²) in [5, 5.41) is 0.348. The average molecular weight is 457 g/mol. The van der Waals surface area contributed by atoms with Gasteiger partial charge in [-0.2, -0.15) is 0 Å². The number of carbonyl (C=O) groups excluding carboxylic acids is 1. The molecule has 0 aliphatic carbocycles. The number of sulfonamides is 1. The Balaban J connectivity index is 2.02. The normalized spacial score (nSPS) is 11.3. The third kappa shape index (κ3) is 4.12. The van der Waals surface area contributed by atoms with Crippen molar-refractivity contribution in [2.24, 2.45) is 0 Å². The molecule has 1 heterocycles. The Bertz CT molecular complexity index is 1030. The molecule has 0 atom stereocenters. The quantitative estimate of drug-likeness (QED) is 0.537. The predicted octanol–water partition coefficient (Wildman–Crippen LogP) is 5.20. The summed E-state index contributed by atoms with van der Waals surface area (Å²) in [6.07, 6.45) is 0. The van der Waals surface area contributed by atoms with Crippen molar-refractivity contribution < 1.29 is 13.2 Å². The van der Waals surface area contributed by atoms with Gasteiger partial charge >= 0.3 is 0 Å².